The van der Waals surface area contributed by atoms with Crippen LogP contribution >= 0.6 is 0 Å². The lowest BCUT2D eigenvalue weighted by molar-refractivity contribution is -0.138. The molecule has 14 heavy (non-hydrogen) atoms. The summed E-state index contributed by atoms with van der Waals surface area (Å²) >= 11 is 0. The van der Waals surface area contributed by atoms with Crippen molar-refractivity contribution >= 4 is 0 Å². The number of nitrogens with one attached hydrogen (secondary N) is 1. The summed E-state index contributed by atoms with van der Waals surface area (Å²) in [6.45, 7) is 5.48. The lowest BCUT2D eigenvalue weighted by Gasteiger charge is -2.04. The second-order valence-corrected chi connectivity index (χ2v) is 2.42. The van der Waals surface area contributed by atoms with E-state index in [1.54, 1.807) is 0 Å². The van der Waals surface area contributed by atoms with Gasteiger partial charge in [-0.15, -0.1) is 0 Å². The third kappa shape index (κ3) is 3.24. The number of halogens is 3. The molecule has 1 aromatic heterocycles. The van der Waals surface area contributed by atoms with Crippen LogP contribution in [0.3, 0.4) is 0 Å². The van der Waals surface area contributed by atoms with E-state index < -0.39 is 17.3 Å². The minimum Gasteiger partial charge on any atom is -0.328 e. The Morgan fingerprint density at radius 2 is 1.79 bits per heavy atom. The molecule has 0 aromatic carbocycles. The number of aromatic amines is 1. The van der Waals surface area contributed by atoms with Gasteiger partial charge in [0.1, 0.15) is 5.56 Å². The Bertz CT molecular complexity index is 341. The van der Waals surface area contributed by atoms with Gasteiger partial charge in [-0.3, -0.25) is 4.79 Å². The van der Waals surface area contributed by atoms with E-state index in [2.05, 4.69) is 0 Å². The van der Waals surface area contributed by atoms with E-state index in [1.807, 2.05) is 18.8 Å². The maximum atomic E-state index is 12.0. The minimum atomic E-state index is -4.57. The van der Waals surface area contributed by atoms with E-state index in [0.717, 1.165) is 6.07 Å². The van der Waals surface area contributed by atoms with Gasteiger partial charge < -0.3 is 4.98 Å². The average Bonchev–Trinajstić information content (AvgIpc) is 2.11. The second-order valence-electron chi connectivity index (χ2n) is 2.42. The van der Waals surface area contributed by atoms with Crippen molar-refractivity contribution in [2.24, 2.45) is 0 Å². The number of H-pyrrole nitrogens is 1. The molecule has 0 amide bonds. The largest absolute Gasteiger partial charge is 0.421 e. The summed E-state index contributed by atoms with van der Waals surface area (Å²) in [6.07, 6.45) is -3.34. The molecule has 1 aromatic rings. The number of pyridine rings is 1. The molecule has 0 aliphatic heterocycles. The smallest absolute Gasteiger partial charge is 0.328 e. The summed E-state index contributed by atoms with van der Waals surface area (Å²) in [5, 5.41) is 0. The molecule has 1 N–H and O–H groups in total. The van der Waals surface area contributed by atoms with E-state index in [1.165, 1.54) is 13.1 Å². The molecule has 5 heteroatoms. The van der Waals surface area contributed by atoms with Gasteiger partial charge in [0, 0.05) is 6.20 Å². The summed E-state index contributed by atoms with van der Waals surface area (Å²) < 4.78 is 36.0. The van der Waals surface area contributed by atoms with Gasteiger partial charge in [0.2, 0.25) is 0 Å². The molecule has 0 atom stereocenters. The van der Waals surface area contributed by atoms with Crippen LogP contribution in [0.15, 0.2) is 17.1 Å². The fourth-order valence-electron chi connectivity index (χ4n) is 0.803. The summed E-state index contributed by atoms with van der Waals surface area (Å²) in [5.74, 6) is 0. The highest BCUT2D eigenvalue weighted by molar-refractivity contribution is 5.19. The molecular formula is C9H12F3NO. The summed E-state index contributed by atoms with van der Waals surface area (Å²) in [7, 11) is 0. The lowest BCUT2D eigenvalue weighted by atomic mass is 10.2. The first-order valence-corrected chi connectivity index (χ1v) is 4.18. The standard InChI is InChI=1S/C7H6F3NO.C2H6/c1-4-2-5(7(8,9)10)6(12)11-3-4;1-2/h2-3H,1H3,(H,11,12);1-2H3. The fourth-order valence-corrected chi connectivity index (χ4v) is 0.803. The molecule has 0 fully saturated rings. The highest BCUT2D eigenvalue weighted by atomic mass is 19.4. The molecule has 0 bridgehead atoms. The molecule has 0 spiro atoms. The normalized spacial score (nSPS) is 10.4. The van der Waals surface area contributed by atoms with E-state index in [-0.39, 0.29) is 0 Å². The predicted octanol–water partition coefficient (Wildman–Crippen LogP) is 2.73. The van der Waals surface area contributed by atoms with Crippen molar-refractivity contribution in [2.45, 2.75) is 26.9 Å². The van der Waals surface area contributed by atoms with Gasteiger partial charge in [0.15, 0.2) is 0 Å². The third-order valence-corrected chi connectivity index (χ3v) is 1.35. The van der Waals surface area contributed by atoms with Crippen LogP contribution in [-0.4, -0.2) is 4.98 Å². The van der Waals surface area contributed by atoms with Crippen LogP contribution < -0.4 is 5.56 Å². The maximum Gasteiger partial charge on any atom is 0.421 e. The first-order chi connectivity index (χ1) is 6.41. The zero-order chi connectivity index (χ0) is 11.4. The van der Waals surface area contributed by atoms with Crippen LogP contribution in [0, 0.1) is 6.92 Å². The molecule has 0 aliphatic rings. The van der Waals surface area contributed by atoms with Gasteiger partial charge >= 0.3 is 6.18 Å². The van der Waals surface area contributed by atoms with Crippen molar-refractivity contribution in [3.8, 4) is 0 Å². The summed E-state index contributed by atoms with van der Waals surface area (Å²) in [6, 6.07) is 0.818. The van der Waals surface area contributed by atoms with Crippen molar-refractivity contribution in [1.82, 2.24) is 4.98 Å². The topological polar surface area (TPSA) is 32.9 Å². The van der Waals surface area contributed by atoms with E-state index in [9.17, 15) is 18.0 Å². The van der Waals surface area contributed by atoms with Crippen molar-refractivity contribution in [1.29, 1.82) is 0 Å². The Kier molecular flexibility index (Phi) is 4.40. The van der Waals surface area contributed by atoms with Crippen LogP contribution in [-0.2, 0) is 6.18 Å². The number of rotatable bonds is 0. The molecule has 0 radical (unpaired) electrons. The van der Waals surface area contributed by atoms with Gasteiger partial charge in [-0.1, -0.05) is 13.8 Å². The molecule has 0 saturated carbocycles. The molecule has 1 rings (SSSR count). The van der Waals surface area contributed by atoms with Crippen molar-refractivity contribution in [3.05, 3.63) is 33.7 Å². The van der Waals surface area contributed by atoms with Crippen molar-refractivity contribution < 1.29 is 13.2 Å². The number of aryl methyl sites for hydroxylation is 1. The molecule has 0 saturated heterocycles. The Hall–Kier alpha value is -1.26. The predicted molar refractivity (Wildman–Crippen MR) is 48.1 cm³/mol. The average molecular weight is 207 g/mol. The Balaban J connectivity index is 0.000000791. The van der Waals surface area contributed by atoms with Crippen LogP contribution in [0.4, 0.5) is 13.2 Å². The first-order valence-electron chi connectivity index (χ1n) is 4.18. The lowest BCUT2D eigenvalue weighted by Crippen LogP contribution is -2.20. The molecule has 0 unspecified atom stereocenters. The number of hydrogen-bond acceptors (Lipinski definition) is 1. The van der Waals surface area contributed by atoms with Crippen molar-refractivity contribution in [2.75, 3.05) is 0 Å². The maximum absolute atomic E-state index is 12.0. The van der Waals surface area contributed by atoms with Crippen molar-refractivity contribution in [3.63, 3.8) is 0 Å². The van der Waals surface area contributed by atoms with E-state index in [4.69, 9.17) is 0 Å². The highest BCUT2D eigenvalue weighted by Gasteiger charge is 2.33. The number of alkyl halides is 3. The van der Waals surface area contributed by atoms with Gasteiger partial charge in [0.25, 0.3) is 5.56 Å². The van der Waals surface area contributed by atoms with Gasteiger partial charge in [-0.05, 0) is 18.6 Å². The zero-order valence-electron chi connectivity index (χ0n) is 8.20. The molecule has 1 heterocycles. The fraction of sp³-hybridized carbons (Fsp3) is 0.444. The number of hydrogen-bond donors (Lipinski definition) is 1. The first kappa shape index (κ1) is 12.7. The van der Waals surface area contributed by atoms with Gasteiger partial charge in [-0.25, -0.2) is 0 Å². The Labute approximate surface area is 79.8 Å². The highest BCUT2D eigenvalue weighted by Crippen LogP contribution is 2.26. The SMILES string of the molecule is CC.Cc1c[nH]c(=O)c(C(F)(F)F)c1. The number of aromatic nitrogens is 1. The Morgan fingerprint density at radius 1 is 1.29 bits per heavy atom. The zero-order valence-corrected chi connectivity index (χ0v) is 8.20. The van der Waals surface area contributed by atoms with Crippen LogP contribution in [0.2, 0.25) is 0 Å². The van der Waals surface area contributed by atoms with Crippen LogP contribution in [0.1, 0.15) is 25.0 Å². The van der Waals surface area contributed by atoms with Crippen LogP contribution in [0.25, 0.3) is 0 Å². The molecular weight excluding hydrogens is 195 g/mol. The summed E-state index contributed by atoms with van der Waals surface area (Å²) in [4.78, 5) is 12.6. The van der Waals surface area contributed by atoms with E-state index >= 15 is 0 Å². The van der Waals surface area contributed by atoms with Gasteiger partial charge in [0.05, 0.1) is 0 Å². The second kappa shape index (κ2) is 4.83. The quantitative estimate of drug-likeness (QED) is 0.697. The Morgan fingerprint density at radius 3 is 2.14 bits per heavy atom. The minimum absolute atomic E-state index is 0.377. The monoisotopic (exact) mass is 207 g/mol. The molecule has 80 valence electrons. The van der Waals surface area contributed by atoms with E-state index in [0.29, 0.717) is 5.56 Å². The summed E-state index contributed by atoms with van der Waals surface area (Å²) in [5.41, 5.74) is -1.88. The van der Waals surface area contributed by atoms with Crippen LogP contribution in [0.5, 0.6) is 0 Å². The van der Waals surface area contributed by atoms with Gasteiger partial charge in [-0.2, -0.15) is 13.2 Å². The molecule has 0 aliphatic carbocycles. The molecule has 2 nitrogen and oxygen atoms in total. The third-order valence-electron chi connectivity index (χ3n) is 1.35.